The first-order chi connectivity index (χ1) is 7.87. The number of nitrogens with two attached hydrogens (primary N) is 1. The fourth-order valence-corrected chi connectivity index (χ4v) is 2.36. The lowest BCUT2D eigenvalue weighted by molar-refractivity contribution is -0.123. The van der Waals surface area contributed by atoms with Gasteiger partial charge in [-0.15, -0.1) is 0 Å². The summed E-state index contributed by atoms with van der Waals surface area (Å²) in [6, 6.07) is -0.366. The zero-order valence-corrected chi connectivity index (χ0v) is 11.6. The van der Waals surface area contributed by atoms with Gasteiger partial charge in [0.25, 0.3) is 0 Å². The van der Waals surface area contributed by atoms with Crippen LogP contribution in [-0.2, 0) is 4.79 Å². The Kier molecular flexibility index (Phi) is 4.95. The van der Waals surface area contributed by atoms with E-state index < -0.39 is 0 Å². The van der Waals surface area contributed by atoms with E-state index in [9.17, 15) is 4.79 Å². The van der Waals surface area contributed by atoms with E-state index >= 15 is 0 Å². The van der Waals surface area contributed by atoms with Crippen LogP contribution in [0.25, 0.3) is 0 Å². The van der Waals surface area contributed by atoms with Crippen molar-refractivity contribution < 1.29 is 4.79 Å². The van der Waals surface area contributed by atoms with Crippen LogP contribution in [0, 0.1) is 5.92 Å². The number of hydrogen-bond acceptors (Lipinski definition) is 3. The minimum absolute atomic E-state index is 0.00757. The highest BCUT2D eigenvalue weighted by Crippen LogP contribution is 2.35. The second-order valence-electron chi connectivity index (χ2n) is 5.93. The van der Waals surface area contributed by atoms with E-state index in [1.807, 2.05) is 0 Å². The predicted molar refractivity (Wildman–Crippen MR) is 70.7 cm³/mol. The average molecular weight is 241 g/mol. The van der Waals surface area contributed by atoms with Crippen molar-refractivity contribution in [2.75, 3.05) is 20.6 Å². The highest BCUT2D eigenvalue weighted by atomic mass is 16.2. The summed E-state index contributed by atoms with van der Waals surface area (Å²) < 4.78 is 0. The number of nitrogens with zero attached hydrogens (tertiary/aromatic N) is 1. The molecule has 100 valence electrons. The van der Waals surface area contributed by atoms with Crippen molar-refractivity contribution in [1.29, 1.82) is 0 Å². The van der Waals surface area contributed by atoms with Crippen molar-refractivity contribution in [3.63, 3.8) is 0 Å². The van der Waals surface area contributed by atoms with Gasteiger partial charge in [0.2, 0.25) is 5.91 Å². The first kappa shape index (κ1) is 14.5. The number of hydrogen-bond donors (Lipinski definition) is 2. The molecule has 0 bridgehead atoms. The molecule has 1 aliphatic carbocycles. The number of nitrogens with one attached hydrogen (secondary N) is 1. The summed E-state index contributed by atoms with van der Waals surface area (Å²) in [5, 5.41) is 3.01. The summed E-state index contributed by atoms with van der Waals surface area (Å²) in [6.45, 7) is 4.89. The van der Waals surface area contributed by atoms with E-state index in [1.165, 1.54) is 19.3 Å². The molecule has 1 saturated carbocycles. The maximum atomic E-state index is 11.8. The van der Waals surface area contributed by atoms with E-state index in [-0.39, 0.29) is 17.5 Å². The highest BCUT2D eigenvalue weighted by Gasteiger charge is 2.39. The predicted octanol–water partition coefficient (Wildman–Crippen LogP) is 0.960. The first-order valence-corrected chi connectivity index (χ1v) is 6.58. The molecule has 0 aromatic carbocycles. The van der Waals surface area contributed by atoms with E-state index in [4.69, 9.17) is 5.73 Å². The fourth-order valence-electron chi connectivity index (χ4n) is 2.36. The van der Waals surface area contributed by atoms with Gasteiger partial charge in [0.05, 0.1) is 6.04 Å². The highest BCUT2D eigenvalue weighted by molar-refractivity contribution is 5.81. The van der Waals surface area contributed by atoms with Crippen molar-refractivity contribution >= 4 is 5.91 Å². The molecule has 4 heteroatoms. The molecule has 1 amide bonds. The topological polar surface area (TPSA) is 58.4 Å². The molecule has 17 heavy (non-hydrogen) atoms. The number of likely N-dealkylation sites (N-methyl/N-ethyl adjacent to an activating group) is 1. The van der Waals surface area contributed by atoms with Crippen molar-refractivity contribution in [1.82, 2.24) is 10.2 Å². The second-order valence-corrected chi connectivity index (χ2v) is 5.93. The quantitative estimate of drug-likeness (QED) is 0.728. The maximum Gasteiger partial charge on any atom is 0.236 e. The van der Waals surface area contributed by atoms with Crippen LogP contribution in [0.2, 0.25) is 0 Å². The molecule has 1 fully saturated rings. The lowest BCUT2D eigenvalue weighted by Gasteiger charge is -2.47. The van der Waals surface area contributed by atoms with Gasteiger partial charge >= 0.3 is 0 Å². The third kappa shape index (κ3) is 3.68. The summed E-state index contributed by atoms with van der Waals surface area (Å²) in [7, 11) is 4.17. The molecule has 1 rings (SSSR count). The van der Waals surface area contributed by atoms with Crippen molar-refractivity contribution in [2.45, 2.75) is 51.1 Å². The van der Waals surface area contributed by atoms with Gasteiger partial charge in [0, 0.05) is 12.1 Å². The molecular weight excluding hydrogens is 214 g/mol. The van der Waals surface area contributed by atoms with Gasteiger partial charge in [-0.1, -0.05) is 13.8 Å². The van der Waals surface area contributed by atoms with Crippen molar-refractivity contribution in [2.24, 2.45) is 11.7 Å². The Labute approximate surface area is 105 Å². The molecule has 0 aliphatic heterocycles. The third-order valence-electron chi connectivity index (χ3n) is 3.89. The SMILES string of the molecule is CC(C)CC(N)C(=O)NCC1(N(C)C)CCC1. The Morgan fingerprint density at radius 1 is 1.41 bits per heavy atom. The number of rotatable bonds is 6. The van der Waals surface area contributed by atoms with E-state index in [0.29, 0.717) is 5.92 Å². The molecule has 0 radical (unpaired) electrons. The standard InChI is InChI=1S/C13H27N3O/c1-10(2)8-11(14)12(17)15-9-13(16(3)4)6-5-7-13/h10-11H,5-9,14H2,1-4H3,(H,15,17). The largest absolute Gasteiger partial charge is 0.353 e. The minimum atomic E-state index is -0.366. The van der Waals surface area contributed by atoms with Gasteiger partial charge < -0.3 is 16.0 Å². The van der Waals surface area contributed by atoms with E-state index in [0.717, 1.165) is 13.0 Å². The monoisotopic (exact) mass is 241 g/mol. The summed E-state index contributed by atoms with van der Waals surface area (Å²) in [6.07, 6.45) is 4.34. The van der Waals surface area contributed by atoms with Crippen LogP contribution >= 0.6 is 0 Å². The van der Waals surface area contributed by atoms with Crippen LogP contribution in [0.1, 0.15) is 39.5 Å². The van der Waals surface area contributed by atoms with Gasteiger partial charge in [0.15, 0.2) is 0 Å². The summed E-state index contributed by atoms with van der Waals surface area (Å²) in [5.74, 6) is 0.453. The van der Waals surface area contributed by atoms with Gasteiger partial charge in [-0.25, -0.2) is 0 Å². The molecule has 0 aromatic rings. The summed E-state index contributed by atoms with van der Waals surface area (Å²) in [4.78, 5) is 14.1. The third-order valence-corrected chi connectivity index (χ3v) is 3.89. The van der Waals surface area contributed by atoms with E-state index in [2.05, 4.69) is 38.2 Å². The van der Waals surface area contributed by atoms with Crippen LogP contribution in [0.4, 0.5) is 0 Å². The van der Waals surface area contributed by atoms with Gasteiger partial charge in [-0.2, -0.15) is 0 Å². The zero-order chi connectivity index (χ0) is 13.1. The Balaban J connectivity index is 2.37. The summed E-state index contributed by atoms with van der Waals surface area (Å²) in [5.41, 5.74) is 6.03. The van der Waals surface area contributed by atoms with Crippen molar-refractivity contribution in [3.8, 4) is 0 Å². The number of amides is 1. The first-order valence-electron chi connectivity index (χ1n) is 6.58. The summed E-state index contributed by atoms with van der Waals surface area (Å²) >= 11 is 0. The van der Waals surface area contributed by atoms with Crippen LogP contribution in [0.3, 0.4) is 0 Å². The van der Waals surface area contributed by atoms with Gasteiger partial charge in [-0.3, -0.25) is 4.79 Å². The Morgan fingerprint density at radius 2 is 2.00 bits per heavy atom. The van der Waals surface area contributed by atoms with Crippen LogP contribution in [0.5, 0.6) is 0 Å². The Morgan fingerprint density at radius 3 is 2.35 bits per heavy atom. The smallest absolute Gasteiger partial charge is 0.236 e. The average Bonchev–Trinajstić information content (AvgIpc) is 2.13. The molecule has 0 spiro atoms. The Bertz CT molecular complexity index is 259. The molecule has 3 N–H and O–H groups in total. The van der Waals surface area contributed by atoms with E-state index in [1.54, 1.807) is 0 Å². The molecule has 0 saturated heterocycles. The fraction of sp³-hybridized carbons (Fsp3) is 0.923. The van der Waals surface area contributed by atoms with Crippen LogP contribution < -0.4 is 11.1 Å². The Hall–Kier alpha value is -0.610. The lowest BCUT2D eigenvalue weighted by Crippen LogP contribution is -2.58. The van der Waals surface area contributed by atoms with Gasteiger partial charge in [-0.05, 0) is 45.7 Å². The molecular formula is C13H27N3O. The molecule has 1 atom stereocenters. The molecule has 4 nitrogen and oxygen atoms in total. The lowest BCUT2D eigenvalue weighted by atomic mass is 9.75. The van der Waals surface area contributed by atoms with Crippen LogP contribution in [-0.4, -0.2) is 43.0 Å². The number of carbonyl (C=O) groups is 1. The molecule has 0 aromatic heterocycles. The normalized spacial score (nSPS) is 20.2. The molecule has 1 unspecified atom stereocenters. The van der Waals surface area contributed by atoms with Crippen molar-refractivity contribution in [3.05, 3.63) is 0 Å². The maximum absolute atomic E-state index is 11.8. The van der Waals surface area contributed by atoms with Gasteiger partial charge in [0.1, 0.15) is 0 Å². The molecule has 1 aliphatic rings. The molecule has 0 heterocycles. The van der Waals surface area contributed by atoms with Crippen LogP contribution in [0.15, 0.2) is 0 Å². The zero-order valence-electron chi connectivity index (χ0n) is 11.6. The second kappa shape index (κ2) is 5.83. The number of carbonyl (C=O) groups excluding carboxylic acids is 1. The minimum Gasteiger partial charge on any atom is -0.353 e.